The first kappa shape index (κ1) is 23.0. The van der Waals surface area contributed by atoms with Crippen LogP contribution in [-0.2, 0) is 4.74 Å². The monoisotopic (exact) mass is 474 g/mol. The molecule has 182 valence electrons. The average molecular weight is 475 g/mol. The number of carbonyl (C=O) groups is 1. The van der Waals surface area contributed by atoms with Gasteiger partial charge in [0.15, 0.2) is 5.69 Å². The van der Waals surface area contributed by atoms with E-state index in [0.717, 1.165) is 35.3 Å². The molecule has 2 fully saturated rings. The summed E-state index contributed by atoms with van der Waals surface area (Å²) in [5, 5.41) is 3.02. The second kappa shape index (κ2) is 10.3. The number of benzene rings is 1. The van der Waals surface area contributed by atoms with E-state index in [1.165, 1.54) is 19.1 Å². The van der Waals surface area contributed by atoms with Crippen molar-refractivity contribution in [1.29, 1.82) is 0 Å². The highest BCUT2D eigenvalue weighted by Gasteiger charge is 2.21. The number of ether oxygens (including phenoxy) is 1. The normalized spacial score (nSPS) is 16.8. The number of hydrogen-bond donors (Lipinski definition) is 2. The Balaban J connectivity index is 1.42. The second-order valence-corrected chi connectivity index (χ2v) is 8.99. The second-order valence-electron chi connectivity index (χ2n) is 8.99. The van der Waals surface area contributed by atoms with E-state index >= 15 is 0 Å². The number of anilines is 3. The van der Waals surface area contributed by atoms with Crippen molar-refractivity contribution < 1.29 is 13.9 Å². The Bertz CT molecular complexity index is 1230. The number of aliphatic imine (C=N–C) groups is 1. The zero-order valence-electron chi connectivity index (χ0n) is 19.9. The van der Waals surface area contributed by atoms with Gasteiger partial charge in [-0.25, -0.2) is 4.98 Å². The SMILES string of the molecule is Cc1cc(-c2nc(C(=O)Nc3cc(C=NC4CCCC4)c(N)cc3N3CCOCC3)co2)ccn1. The highest BCUT2D eigenvalue weighted by Crippen LogP contribution is 2.32. The molecular weight excluding hydrogens is 444 g/mol. The van der Waals surface area contributed by atoms with Crippen LogP contribution >= 0.6 is 0 Å². The summed E-state index contributed by atoms with van der Waals surface area (Å²) in [7, 11) is 0. The highest BCUT2D eigenvalue weighted by atomic mass is 16.5. The predicted molar refractivity (Wildman–Crippen MR) is 136 cm³/mol. The first-order valence-electron chi connectivity index (χ1n) is 12.1. The summed E-state index contributed by atoms with van der Waals surface area (Å²) < 4.78 is 11.1. The molecule has 1 saturated heterocycles. The fraction of sp³-hybridized carbons (Fsp3) is 0.385. The van der Waals surface area contributed by atoms with Gasteiger partial charge in [0.2, 0.25) is 5.89 Å². The minimum Gasteiger partial charge on any atom is -0.444 e. The van der Waals surface area contributed by atoms with Gasteiger partial charge >= 0.3 is 0 Å². The molecule has 2 aromatic heterocycles. The third-order valence-corrected chi connectivity index (χ3v) is 6.43. The molecule has 0 unspecified atom stereocenters. The smallest absolute Gasteiger partial charge is 0.277 e. The number of aryl methyl sites for hydroxylation is 1. The summed E-state index contributed by atoms with van der Waals surface area (Å²) in [6.07, 6.45) is 9.54. The van der Waals surface area contributed by atoms with Gasteiger partial charge in [0.1, 0.15) is 6.26 Å². The van der Waals surface area contributed by atoms with E-state index in [2.05, 4.69) is 20.2 Å². The lowest BCUT2D eigenvalue weighted by Gasteiger charge is -2.31. The third-order valence-electron chi connectivity index (χ3n) is 6.43. The summed E-state index contributed by atoms with van der Waals surface area (Å²) in [6, 6.07) is 7.80. The number of oxazole rings is 1. The van der Waals surface area contributed by atoms with Crippen molar-refractivity contribution >= 4 is 29.2 Å². The van der Waals surface area contributed by atoms with Gasteiger partial charge in [-0.05, 0) is 44.0 Å². The first-order chi connectivity index (χ1) is 17.1. The van der Waals surface area contributed by atoms with Crippen LogP contribution in [0.1, 0.15) is 47.4 Å². The van der Waals surface area contributed by atoms with Crippen LogP contribution in [0.4, 0.5) is 17.1 Å². The highest BCUT2D eigenvalue weighted by molar-refractivity contribution is 6.06. The van der Waals surface area contributed by atoms with Gasteiger partial charge in [-0.3, -0.25) is 14.8 Å². The van der Waals surface area contributed by atoms with E-state index < -0.39 is 0 Å². The third kappa shape index (κ3) is 5.35. The van der Waals surface area contributed by atoms with Crippen molar-refractivity contribution in [1.82, 2.24) is 9.97 Å². The van der Waals surface area contributed by atoms with Gasteiger partial charge in [-0.15, -0.1) is 0 Å². The molecule has 1 saturated carbocycles. The Kier molecular flexibility index (Phi) is 6.76. The lowest BCUT2D eigenvalue weighted by molar-refractivity contribution is 0.102. The van der Waals surface area contributed by atoms with Crippen molar-refractivity contribution in [3.63, 3.8) is 0 Å². The molecule has 1 amide bonds. The first-order valence-corrected chi connectivity index (χ1v) is 12.1. The number of pyridine rings is 1. The van der Waals surface area contributed by atoms with E-state index in [0.29, 0.717) is 49.6 Å². The van der Waals surface area contributed by atoms with Crippen molar-refractivity contribution in [2.24, 2.45) is 4.99 Å². The molecule has 0 atom stereocenters. The van der Waals surface area contributed by atoms with Crippen LogP contribution in [0.2, 0.25) is 0 Å². The van der Waals surface area contributed by atoms with Crippen LogP contribution in [0, 0.1) is 6.92 Å². The molecule has 9 heteroatoms. The number of nitrogens with zero attached hydrogens (tertiary/aromatic N) is 4. The maximum absolute atomic E-state index is 13.2. The molecule has 1 aliphatic carbocycles. The van der Waals surface area contributed by atoms with E-state index in [4.69, 9.17) is 19.9 Å². The topological polar surface area (TPSA) is 119 Å². The van der Waals surface area contributed by atoms with Gasteiger partial charge in [-0.1, -0.05) is 12.8 Å². The quantitative estimate of drug-likeness (QED) is 0.408. The molecular formula is C26H30N6O3. The number of nitrogens with one attached hydrogen (secondary N) is 1. The van der Waals surface area contributed by atoms with E-state index in [9.17, 15) is 4.79 Å². The molecule has 1 aromatic carbocycles. The summed E-state index contributed by atoms with van der Waals surface area (Å²) in [5.41, 5.74) is 11.1. The molecule has 35 heavy (non-hydrogen) atoms. The summed E-state index contributed by atoms with van der Waals surface area (Å²) in [6.45, 7) is 4.56. The Morgan fingerprint density at radius 1 is 1.23 bits per heavy atom. The number of carbonyl (C=O) groups excluding carboxylic acids is 1. The van der Waals surface area contributed by atoms with Gasteiger partial charge in [0.05, 0.1) is 24.6 Å². The Labute approximate surface area is 204 Å². The molecule has 0 bridgehead atoms. The minimum atomic E-state index is -0.358. The maximum Gasteiger partial charge on any atom is 0.277 e. The molecule has 2 aliphatic rings. The summed E-state index contributed by atoms with van der Waals surface area (Å²) >= 11 is 0. The molecule has 9 nitrogen and oxygen atoms in total. The van der Waals surface area contributed by atoms with Crippen LogP contribution in [-0.4, -0.2) is 54.4 Å². The molecule has 3 heterocycles. The molecule has 0 radical (unpaired) electrons. The van der Waals surface area contributed by atoms with Crippen LogP contribution in [0.5, 0.6) is 0 Å². The molecule has 0 spiro atoms. The number of nitrogen functional groups attached to an aromatic ring is 1. The Morgan fingerprint density at radius 2 is 2.03 bits per heavy atom. The van der Waals surface area contributed by atoms with Crippen molar-refractivity contribution in [2.45, 2.75) is 38.6 Å². The number of morpholine rings is 1. The van der Waals surface area contributed by atoms with Crippen LogP contribution in [0.15, 0.2) is 46.1 Å². The molecule has 3 aromatic rings. The van der Waals surface area contributed by atoms with Crippen LogP contribution in [0.25, 0.3) is 11.5 Å². The van der Waals surface area contributed by atoms with Crippen LogP contribution < -0.4 is 16.0 Å². The van der Waals surface area contributed by atoms with E-state index in [1.54, 1.807) is 12.3 Å². The van der Waals surface area contributed by atoms with E-state index in [-0.39, 0.29) is 11.6 Å². The van der Waals surface area contributed by atoms with Gasteiger partial charge in [0, 0.05) is 54.1 Å². The lowest BCUT2D eigenvalue weighted by atomic mass is 10.1. The summed E-state index contributed by atoms with van der Waals surface area (Å²) in [5.74, 6) is 0.0134. The maximum atomic E-state index is 13.2. The minimum absolute atomic E-state index is 0.195. The molecule has 1 aliphatic heterocycles. The Hall–Kier alpha value is -3.72. The molecule has 3 N–H and O–H groups in total. The van der Waals surface area contributed by atoms with Gasteiger partial charge in [0.25, 0.3) is 5.91 Å². The lowest BCUT2D eigenvalue weighted by Crippen LogP contribution is -2.37. The summed E-state index contributed by atoms with van der Waals surface area (Å²) in [4.78, 5) is 28.7. The predicted octanol–water partition coefficient (Wildman–Crippen LogP) is 4.08. The zero-order valence-corrected chi connectivity index (χ0v) is 19.9. The standard InChI is InChI=1S/C26H30N6O3/c1-17-12-18(6-7-28-17)26-31-23(16-35-26)25(33)30-22-13-19(15-29-20-4-2-3-5-20)21(27)14-24(22)32-8-10-34-11-9-32/h6-7,12-16,20H,2-5,8-11,27H2,1H3,(H,30,33). The fourth-order valence-electron chi connectivity index (χ4n) is 4.51. The van der Waals surface area contributed by atoms with Crippen LogP contribution in [0.3, 0.4) is 0 Å². The van der Waals surface area contributed by atoms with Gasteiger partial charge in [-0.2, -0.15) is 0 Å². The van der Waals surface area contributed by atoms with Gasteiger partial charge < -0.3 is 25.1 Å². The number of amides is 1. The molecule has 5 rings (SSSR count). The number of aromatic nitrogens is 2. The van der Waals surface area contributed by atoms with E-state index in [1.807, 2.05) is 31.3 Å². The fourth-order valence-corrected chi connectivity index (χ4v) is 4.51. The number of nitrogens with two attached hydrogens (primary N) is 1. The zero-order chi connectivity index (χ0) is 24.2. The Morgan fingerprint density at radius 3 is 2.80 bits per heavy atom. The van der Waals surface area contributed by atoms with Crippen molar-refractivity contribution in [3.05, 3.63) is 53.7 Å². The van der Waals surface area contributed by atoms with Crippen molar-refractivity contribution in [3.8, 4) is 11.5 Å². The number of rotatable bonds is 6. The van der Waals surface area contributed by atoms with Crippen molar-refractivity contribution in [2.75, 3.05) is 42.3 Å². The average Bonchev–Trinajstić information content (AvgIpc) is 3.57. The number of hydrogen-bond acceptors (Lipinski definition) is 8. The largest absolute Gasteiger partial charge is 0.444 e.